The molecule has 0 atom stereocenters. The second kappa shape index (κ2) is 5.14. The van der Waals surface area contributed by atoms with Crippen molar-refractivity contribution in [3.05, 3.63) is 54.7 Å². The Labute approximate surface area is 140 Å². The standard InChI is InChI=1S/C13H5BrClF2N3O3/c14-8-9(17)5(16)2-4(15)10(8)20-6(21)1-3-7(11(20)18)13(23)19-12(3)22/h1-2H,18H2,(H,19,22,23). The topological polar surface area (TPSA) is 94.2 Å². The number of nitrogens with two attached hydrogens (primary N) is 1. The van der Waals surface area contributed by atoms with Crippen molar-refractivity contribution < 1.29 is 18.4 Å². The summed E-state index contributed by atoms with van der Waals surface area (Å²) in [5, 5.41) is 1.68. The van der Waals surface area contributed by atoms with Crippen LogP contribution in [0.3, 0.4) is 0 Å². The van der Waals surface area contributed by atoms with Crippen molar-refractivity contribution in [1.82, 2.24) is 9.88 Å². The van der Waals surface area contributed by atoms with Crippen LogP contribution in [0.5, 0.6) is 0 Å². The second-order valence-electron chi connectivity index (χ2n) is 4.59. The molecule has 0 radical (unpaired) electrons. The Morgan fingerprint density at radius 2 is 1.83 bits per heavy atom. The molecule has 0 fully saturated rings. The average molecular weight is 405 g/mol. The average Bonchev–Trinajstić information content (AvgIpc) is 2.74. The third kappa shape index (κ3) is 2.15. The molecular formula is C13H5BrClF2N3O3. The van der Waals surface area contributed by atoms with Gasteiger partial charge < -0.3 is 5.73 Å². The van der Waals surface area contributed by atoms with Gasteiger partial charge in [-0.3, -0.25) is 24.3 Å². The minimum absolute atomic E-state index is 0.191. The number of rotatable bonds is 1. The molecule has 1 aliphatic heterocycles. The van der Waals surface area contributed by atoms with Gasteiger partial charge in [0.25, 0.3) is 17.4 Å². The van der Waals surface area contributed by atoms with Gasteiger partial charge in [0.2, 0.25) is 0 Å². The number of aromatic nitrogens is 1. The van der Waals surface area contributed by atoms with E-state index in [-0.39, 0.29) is 21.8 Å². The summed E-state index contributed by atoms with van der Waals surface area (Å²) in [6, 6.07) is 1.54. The normalized spacial score (nSPS) is 13.2. The molecule has 3 N–H and O–H groups in total. The van der Waals surface area contributed by atoms with Gasteiger partial charge in [-0.2, -0.15) is 0 Å². The van der Waals surface area contributed by atoms with E-state index in [2.05, 4.69) is 15.9 Å². The van der Waals surface area contributed by atoms with Gasteiger partial charge in [0.1, 0.15) is 5.82 Å². The number of carbonyl (C=O) groups is 2. The molecule has 0 saturated carbocycles. The Hall–Kier alpha value is -2.26. The molecule has 0 unspecified atom stereocenters. The first-order chi connectivity index (χ1) is 10.7. The molecule has 10 heteroatoms. The third-order valence-corrected chi connectivity index (χ3v) is 4.28. The molecule has 2 heterocycles. The maximum Gasteiger partial charge on any atom is 0.262 e. The molecule has 2 amide bonds. The second-order valence-corrected chi connectivity index (χ2v) is 5.79. The quantitative estimate of drug-likeness (QED) is 0.432. The highest BCUT2D eigenvalue weighted by atomic mass is 79.9. The van der Waals surface area contributed by atoms with Crippen molar-refractivity contribution >= 4 is 45.2 Å². The number of nitrogens with one attached hydrogen (secondary N) is 1. The monoisotopic (exact) mass is 403 g/mol. The predicted molar refractivity (Wildman–Crippen MR) is 80.9 cm³/mol. The van der Waals surface area contributed by atoms with Crippen molar-refractivity contribution in [2.75, 3.05) is 5.73 Å². The molecule has 6 nitrogen and oxygen atoms in total. The number of hydrogen-bond donors (Lipinski definition) is 2. The number of hydrogen-bond acceptors (Lipinski definition) is 4. The van der Waals surface area contributed by atoms with Crippen molar-refractivity contribution in [2.24, 2.45) is 0 Å². The van der Waals surface area contributed by atoms with E-state index in [1.54, 1.807) is 0 Å². The van der Waals surface area contributed by atoms with Gasteiger partial charge in [-0.1, -0.05) is 11.6 Å². The fraction of sp³-hybridized carbons (Fsp3) is 0. The van der Waals surface area contributed by atoms with Gasteiger partial charge in [-0.25, -0.2) is 8.78 Å². The molecule has 23 heavy (non-hydrogen) atoms. The number of halogens is 4. The Morgan fingerprint density at radius 3 is 2.48 bits per heavy atom. The number of carbonyl (C=O) groups excluding carboxylic acids is 2. The van der Waals surface area contributed by atoms with Gasteiger partial charge >= 0.3 is 0 Å². The molecule has 1 aromatic carbocycles. The van der Waals surface area contributed by atoms with Gasteiger partial charge in [0, 0.05) is 6.07 Å². The van der Waals surface area contributed by atoms with Crippen LogP contribution in [0.1, 0.15) is 20.7 Å². The zero-order chi connectivity index (χ0) is 17.0. The summed E-state index contributed by atoms with van der Waals surface area (Å²) in [5.41, 5.74) is 4.27. The van der Waals surface area contributed by atoms with Crippen LogP contribution in [0.25, 0.3) is 5.69 Å². The van der Waals surface area contributed by atoms with Crippen molar-refractivity contribution in [1.29, 1.82) is 0 Å². The number of imide groups is 1. The van der Waals surface area contributed by atoms with Gasteiger partial charge in [0.05, 0.1) is 26.3 Å². The Balaban J connectivity index is 2.43. The Bertz CT molecular complexity index is 974. The first kappa shape index (κ1) is 15.6. The largest absolute Gasteiger partial charge is 0.384 e. The molecule has 3 rings (SSSR count). The number of nitrogen functional groups attached to an aromatic ring is 1. The summed E-state index contributed by atoms with van der Waals surface area (Å²) in [6.07, 6.45) is 0. The van der Waals surface area contributed by atoms with Gasteiger partial charge in [-0.15, -0.1) is 0 Å². The maximum atomic E-state index is 13.8. The van der Waals surface area contributed by atoms with E-state index >= 15 is 0 Å². The van der Waals surface area contributed by atoms with Crippen molar-refractivity contribution in [3.8, 4) is 5.69 Å². The van der Waals surface area contributed by atoms with Crippen molar-refractivity contribution in [2.45, 2.75) is 0 Å². The van der Waals surface area contributed by atoms with Crippen LogP contribution in [-0.2, 0) is 0 Å². The number of anilines is 1. The molecule has 118 valence electrons. The predicted octanol–water partition coefficient (Wildman–Crippen LogP) is 2.00. The fourth-order valence-corrected chi connectivity index (χ4v) is 3.24. The van der Waals surface area contributed by atoms with E-state index in [1.807, 2.05) is 5.32 Å². The number of amides is 2. The van der Waals surface area contributed by atoms with Crippen LogP contribution in [0.4, 0.5) is 14.6 Å². The number of pyridine rings is 1. The van der Waals surface area contributed by atoms with Crippen LogP contribution in [-0.4, -0.2) is 16.4 Å². The summed E-state index contributed by atoms with van der Waals surface area (Å²) < 4.78 is 27.4. The van der Waals surface area contributed by atoms with Crippen molar-refractivity contribution in [3.63, 3.8) is 0 Å². The van der Waals surface area contributed by atoms with E-state index in [1.165, 1.54) is 0 Å². The highest BCUT2D eigenvalue weighted by Gasteiger charge is 2.33. The zero-order valence-corrected chi connectivity index (χ0v) is 13.3. The molecule has 1 aliphatic rings. The highest BCUT2D eigenvalue weighted by Crippen LogP contribution is 2.34. The van der Waals surface area contributed by atoms with Gasteiger partial charge in [-0.05, 0) is 22.0 Å². The van der Waals surface area contributed by atoms with Crippen LogP contribution in [0.15, 0.2) is 21.4 Å². The van der Waals surface area contributed by atoms with E-state index in [9.17, 15) is 23.2 Å². The molecule has 1 aromatic heterocycles. The SMILES string of the molecule is Nc1c2c(cc(=O)n1-c1c(Cl)cc(F)c(F)c1Br)C(=O)NC2=O. The molecule has 0 saturated heterocycles. The molecule has 2 aromatic rings. The third-order valence-electron chi connectivity index (χ3n) is 3.27. The number of fused-ring (bicyclic) bond motifs is 1. The Morgan fingerprint density at radius 1 is 1.17 bits per heavy atom. The smallest absolute Gasteiger partial charge is 0.262 e. The van der Waals surface area contributed by atoms with E-state index in [0.717, 1.165) is 10.6 Å². The van der Waals surface area contributed by atoms with Crippen LogP contribution in [0, 0.1) is 11.6 Å². The maximum absolute atomic E-state index is 13.8. The number of nitrogens with zero attached hydrogens (tertiary/aromatic N) is 1. The summed E-state index contributed by atoms with van der Waals surface area (Å²) in [7, 11) is 0. The summed E-state index contributed by atoms with van der Waals surface area (Å²) >= 11 is 8.69. The van der Waals surface area contributed by atoms with Crippen LogP contribution < -0.4 is 16.6 Å². The minimum atomic E-state index is -1.28. The zero-order valence-electron chi connectivity index (χ0n) is 10.9. The summed E-state index contributed by atoms with van der Waals surface area (Å²) in [6.45, 7) is 0. The summed E-state index contributed by atoms with van der Waals surface area (Å²) in [5.74, 6) is -4.49. The molecule has 0 spiro atoms. The first-order valence-corrected chi connectivity index (χ1v) is 7.15. The van der Waals surface area contributed by atoms with Gasteiger partial charge in [0.15, 0.2) is 11.6 Å². The lowest BCUT2D eigenvalue weighted by Crippen LogP contribution is -2.25. The van der Waals surface area contributed by atoms with Crippen LogP contribution >= 0.6 is 27.5 Å². The highest BCUT2D eigenvalue weighted by molar-refractivity contribution is 9.10. The number of benzene rings is 1. The lowest BCUT2D eigenvalue weighted by Gasteiger charge is -2.15. The van der Waals surface area contributed by atoms with Crippen LogP contribution in [0.2, 0.25) is 5.02 Å². The van der Waals surface area contributed by atoms with E-state index in [4.69, 9.17) is 17.3 Å². The fourth-order valence-electron chi connectivity index (χ4n) is 2.27. The van der Waals surface area contributed by atoms with E-state index in [0.29, 0.717) is 6.07 Å². The van der Waals surface area contributed by atoms with E-state index < -0.39 is 39.3 Å². The molecular weight excluding hydrogens is 400 g/mol. The Kier molecular flexibility index (Phi) is 3.49. The summed E-state index contributed by atoms with van der Waals surface area (Å²) in [4.78, 5) is 35.6. The minimum Gasteiger partial charge on any atom is -0.384 e. The lowest BCUT2D eigenvalue weighted by molar-refractivity contribution is 0.0880. The first-order valence-electron chi connectivity index (χ1n) is 5.98. The lowest BCUT2D eigenvalue weighted by atomic mass is 10.1. The molecule has 0 bridgehead atoms. The molecule has 0 aliphatic carbocycles.